The predicted molar refractivity (Wildman–Crippen MR) is 101 cm³/mol. The number of carbonyl (C=O) groups is 1. The van der Waals surface area contributed by atoms with Crippen molar-refractivity contribution >= 4 is 22.9 Å². The summed E-state index contributed by atoms with van der Waals surface area (Å²) in [6, 6.07) is 10.1. The molecule has 0 radical (unpaired) electrons. The van der Waals surface area contributed by atoms with Crippen molar-refractivity contribution in [1.29, 1.82) is 0 Å². The fourth-order valence-corrected chi connectivity index (χ4v) is 2.70. The van der Waals surface area contributed by atoms with Gasteiger partial charge in [0.1, 0.15) is 29.3 Å². The second kappa shape index (κ2) is 7.84. The van der Waals surface area contributed by atoms with Gasteiger partial charge in [-0.2, -0.15) is 0 Å². The quantitative estimate of drug-likeness (QED) is 0.510. The SMILES string of the molecule is Cn1c(=O)c(C(=O)C=Cc2cccc(OCCO)c2)c(O)c2cccnc21. The molecule has 0 aliphatic carbocycles. The molecule has 0 amide bonds. The number of allylic oxidation sites excluding steroid dienone is 1. The Morgan fingerprint density at radius 3 is 2.89 bits per heavy atom. The molecule has 2 aromatic heterocycles. The molecule has 138 valence electrons. The van der Waals surface area contributed by atoms with E-state index in [1.54, 1.807) is 36.4 Å². The summed E-state index contributed by atoms with van der Waals surface area (Å²) in [5.74, 6) is -0.439. The topological polar surface area (TPSA) is 102 Å². The first kappa shape index (κ1) is 18.3. The standard InChI is InChI=1S/C20H18N2O5/c1-22-19-15(6-3-9-21-19)18(25)17(20(22)26)16(24)8-7-13-4-2-5-14(12-13)27-11-10-23/h2-9,12,23,25H,10-11H2,1H3. The molecule has 27 heavy (non-hydrogen) atoms. The number of aliphatic hydroxyl groups excluding tert-OH is 1. The van der Waals surface area contributed by atoms with Gasteiger partial charge in [0.25, 0.3) is 5.56 Å². The van der Waals surface area contributed by atoms with Crippen LogP contribution in [0.15, 0.2) is 53.5 Å². The average molecular weight is 366 g/mol. The summed E-state index contributed by atoms with van der Waals surface area (Å²) < 4.78 is 6.56. The number of benzene rings is 1. The zero-order valence-electron chi connectivity index (χ0n) is 14.6. The van der Waals surface area contributed by atoms with E-state index in [2.05, 4.69) is 4.98 Å². The summed E-state index contributed by atoms with van der Waals surface area (Å²) in [5, 5.41) is 19.5. The van der Waals surface area contributed by atoms with Crippen LogP contribution in [0, 0.1) is 0 Å². The number of ketones is 1. The van der Waals surface area contributed by atoms with E-state index in [-0.39, 0.29) is 24.5 Å². The number of pyridine rings is 2. The number of aromatic nitrogens is 2. The molecule has 0 saturated heterocycles. The van der Waals surface area contributed by atoms with Gasteiger partial charge in [-0.15, -0.1) is 0 Å². The number of aryl methyl sites for hydroxylation is 1. The summed E-state index contributed by atoms with van der Waals surface area (Å²) in [7, 11) is 1.50. The third-order valence-corrected chi connectivity index (χ3v) is 4.01. The van der Waals surface area contributed by atoms with Crippen LogP contribution in [0.4, 0.5) is 0 Å². The molecule has 0 unspecified atom stereocenters. The Hall–Kier alpha value is -3.45. The van der Waals surface area contributed by atoms with Gasteiger partial charge in [-0.3, -0.25) is 14.2 Å². The zero-order valence-corrected chi connectivity index (χ0v) is 14.6. The highest BCUT2D eigenvalue weighted by atomic mass is 16.5. The van der Waals surface area contributed by atoms with Crippen molar-refractivity contribution in [1.82, 2.24) is 9.55 Å². The molecular weight excluding hydrogens is 348 g/mol. The number of rotatable bonds is 6. The fraction of sp³-hybridized carbons (Fsp3) is 0.150. The number of aliphatic hydroxyl groups is 1. The molecule has 2 heterocycles. The third kappa shape index (κ3) is 3.73. The lowest BCUT2D eigenvalue weighted by molar-refractivity contribution is 0.104. The van der Waals surface area contributed by atoms with E-state index in [0.29, 0.717) is 22.3 Å². The van der Waals surface area contributed by atoms with E-state index in [1.807, 2.05) is 0 Å². The van der Waals surface area contributed by atoms with Crippen molar-refractivity contribution in [2.45, 2.75) is 0 Å². The van der Waals surface area contributed by atoms with E-state index >= 15 is 0 Å². The third-order valence-electron chi connectivity index (χ3n) is 4.01. The van der Waals surface area contributed by atoms with Crippen LogP contribution in [0.5, 0.6) is 11.5 Å². The van der Waals surface area contributed by atoms with Crippen LogP contribution >= 0.6 is 0 Å². The van der Waals surface area contributed by atoms with Crippen LogP contribution in [0.3, 0.4) is 0 Å². The molecule has 0 aliphatic heterocycles. The van der Waals surface area contributed by atoms with E-state index in [4.69, 9.17) is 9.84 Å². The smallest absolute Gasteiger partial charge is 0.266 e. The number of hydrogen-bond donors (Lipinski definition) is 2. The van der Waals surface area contributed by atoms with Crippen molar-refractivity contribution in [3.63, 3.8) is 0 Å². The maximum Gasteiger partial charge on any atom is 0.266 e. The summed E-state index contributed by atoms with van der Waals surface area (Å²) in [6.07, 6.45) is 4.26. The number of carbonyl (C=O) groups excluding carboxylic acids is 1. The summed E-state index contributed by atoms with van der Waals surface area (Å²) in [5.41, 5.74) is 0.0575. The summed E-state index contributed by atoms with van der Waals surface area (Å²) in [6.45, 7) is 0.0685. The average Bonchev–Trinajstić information content (AvgIpc) is 2.69. The van der Waals surface area contributed by atoms with Crippen LogP contribution in [0.25, 0.3) is 17.1 Å². The Balaban J connectivity index is 1.95. The highest BCUT2D eigenvalue weighted by Gasteiger charge is 2.19. The van der Waals surface area contributed by atoms with Gasteiger partial charge < -0.3 is 14.9 Å². The van der Waals surface area contributed by atoms with Crippen molar-refractivity contribution in [3.8, 4) is 11.5 Å². The number of ether oxygens (including phenoxy) is 1. The van der Waals surface area contributed by atoms with Crippen LogP contribution < -0.4 is 10.3 Å². The monoisotopic (exact) mass is 366 g/mol. The van der Waals surface area contributed by atoms with Gasteiger partial charge in [0, 0.05) is 13.2 Å². The van der Waals surface area contributed by atoms with E-state index in [0.717, 1.165) is 0 Å². The van der Waals surface area contributed by atoms with Crippen LogP contribution in [-0.2, 0) is 7.05 Å². The molecule has 3 aromatic rings. The lowest BCUT2D eigenvalue weighted by Crippen LogP contribution is -2.24. The van der Waals surface area contributed by atoms with Crippen molar-refractivity contribution in [2.24, 2.45) is 7.05 Å². The van der Waals surface area contributed by atoms with Gasteiger partial charge in [-0.25, -0.2) is 4.98 Å². The molecule has 3 rings (SSSR count). The van der Waals surface area contributed by atoms with E-state index in [9.17, 15) is 14.7 Å². The zero-order chi connectivity index (χ0) is 19.4. The normalized spacial score (nSPS) is 11.2. The molecule has 7 nitrogen and oxygen atoms in total. The van der Waals surface area contributed by atoms with Gasteiger partial charge in [0.05, 0.1) is 12.0 Å². The Morgan fingerprint density at radius 1 is 1.30 bits per heavy atom. The first-order valence-corrected chi connectivity index (χ1v) is 8.25. The minimum absolute atomic E-state index is 0.0993. The van der Waals surface area contributed by atoms with Crippen molar-refractivity contribution in [2.75, 3.05) is 13.2 Å². The lowest BCUT2D eigenvalue weighted by atomic mass is 10.1. The number of nitrogens with zero attached hydrogens (tertiary/aromatic N) is 2. The van der Waals surface area contributed by atoms with E-state index < -0.39 is 11.3 Å². The highest BCUT2D eigenvalue weighted by molar-refractivity contribution is 6.10. The molecule has 7 heteroatoms. The number of fused-ring (bicyclic) bond motifs is 1. The molecule has 0 bridgehead atoms. The minimum Gasteiger partial charge on any atom is -0.506 e. The predicted octanol–water partition coefficient (Wildman–Crippen LogP) is 1.91. The Bertz CT molecular complexity index is 1090. The number of aromatic hydroxyl groups is 1. The highest BCUT2D eigenvalue weighted by Crippen LogP contribution is 2.25. The molecule has 1 aromatic carbocycles. The van der Waals surface area contributed by atoms with Crippen LogP contribution in [0.1, 0.15) is 15.9 Å². The fourth-order valence-electron chi connectivity index (χ4n) is 2.70. The van der Waals surface area contributed by atoms with Crippen molar-refractivity contribution in [3.05, 3.63) is 70.2 Å². The molecular formula is C20H18N2O5. The van der Waals surface area contributed by atoms with Crippen LogP contribution in [0.2, 0.25) is 0 Å². The second-order valence-corrected chi connectivity index (χ2v) is 5.80. The molecule has 0 spiro atoms. The molecule has 0 atom stereocenters. The number of hydrogen-bond acceptors (Lipinski definition) is 6. The minimum atomic E-state index is -0.617. The summed E-state index contributed by atoms with van der Waals surface area (Å²) in [4.78, 5) is 29.1. The molecule has 0 aliphatic rings. The first-order chi connectivity index (χ1) is 13.0. The van der Waals surface area contributed by atoms with Crippen LogP contribution in [-0.4, -0.2) is 38.8 Å². The van der Waals surface area contributed by atoms with Gasteiger partial charge >= 0.3 is 0 Å². The Labute approximate surface area is 154 Å². The van der Waals surface area contributed by atoms with Gasteiger partial charge in [0.15, 0.2) is 5.78 Å². The molecule has 2 N–H and O–H groups in total. The largest absolute Gasteiger partial charge is 0.506 e. The molecule has 0 saturated carbocycles. The van der Waals surface area contributed by atoms with E-state index in [1.165, 1.54) is 30.0 Å². The maximum atomic E-state index is 12.6. The van der Waals surface area contributed by atoms with Gasteiger partial charge in [-0.1, -0.05) is 18.2 Å². The Morgan fingerprint density at radius 2 is 2.11 bits per heavy atom. The van der Waals surface area contributed by atoms with Crippen molar-refractivity contribution < 1.29 is 19.7 Å². The maximum absolute atomic E-state index is 12.6. The lowest BCUT2D eigenvalue weighted by Gasteiger charge is -2.09. The van der Waals surface area contributed by atoms with Gasteiger partial charge in [0.2, 0.25) is 0 Å². The Kier molecular flexibility index (Phi) is 5.33. The first-order valence-electron chi connectivity index (χ1n) is 8.25. The van der Waals surface area contributed by atoms with Gasteiger partial charge in [-0.05, 0) is 35.9 Å². The second-order valence-electron chi connectivity index (χ2n) is 5.80. The molecule has 0 fully saturated rings. The summed E-state index contributed by atoms with van der Waals surface area (Å²) >= 11 is 0.